The third-order valence-corrected chi connectivity index (χ3v) is 3.56. The zero-order chi connectivity index (χ0) is 15.1. The number of carbonyl (C=O) groups is 1. The number of nitrogens with zero attached hydrogens (tertiary/aromatic N) is 2. The highest BCUT2D eigenvalue weighted by molar-refractivity contribution is 5.76. The van der Waals surface area contributed by atoms with Crippen molar-refractivity contribution < 1.29 is 9.53 Å². The molecule has 0 bridgehead atoms. The van der Waals surface area contributed by atoms with Gasteiger partial charge in [-0.05, 0) is 38.9 Å². The highest BCUT2D eigenvalue weighted by atomic mass is 16.5. The summed E-state index contributed by atoms with van der Waals surface area (Å²) in [5.74, 6) is -0.144. The summed E-state index contributed by atoms with van der Waals surface area (Å²) in [5.41, 5.74) is 1.08. The van der Waals surface area contributed by atoms with E-state index in [0.717, 1.165) is 31.5 Å². The molecule has 1 aromatic heterocycles. The Labute approximate surface area is 126 Å². The molecule has 116 valence electrons. The molecule has 21 heavy (non-hydrogen) atoms. The fourth-order valence-electron chi connectivity index (χ4n) is 2.23. The van der Waals surface area contributed by atoms with Crippen LogP contribution < -0.4 is 5.32 Å². The summed E-state index contributed by atoms with van der Waals surface area (Å²) in [6, 6.07) is 6.20. The van der Waals surface area contributed by atoms with E-state index in [4.69, 9.17) is 4.74 Å². The van der Waals surface area contributed by atoms with Crippen LogP contribution in [0.3, 0.4) is 0 Å². The lowest BCUT2D eigenvalue weighted by molar-refractivity contribution is -0.146. The summed E-state index contributed by atoms with van der Waals surface area (Å²) in [5, 5.41) is 3.37. The topological polar surface area (TPSA) is 54.5 Å². The molecular weight excluding hydrogens is 266 g/mol. The Morgan fingerprint density at radius 1 is 1.52 bits per heavy atom. The maximum absolute atomic E-state index is 12.0. The second-order valence-corrected chi connectivity index (χ2v) is 5.58. The van der Waals surface area contributed by atoms with Crippen molar-refractivity contribution in [1.82, 2.24) is 15.2 Å². The summed E-state index contributed by atoms with van der Waals surface area (Å²) in [6.07, 6.45) is 5.02. The Kier molecular flexibility index (Phi) is 6.14. The molecule has 1 saturated carbocycles. The highest BCUT2D eigenvalue weighted by Gasteiger charge is 2.29. The molecule has 0 aromatic carbocycles. The maximum Gasteiger partial charge on any atom is 0.324 e. The maximum atomic E-state index is 12.0. The summed E-state index contributed by atoms with van der Waals surface area (Å²) >= 11 is 0. The Bertz CT molecular complexity index is 434. The summed E-state index contributed by atoms with van der Waals surface area (Å²) in [4.78, 5) is 18.5. The van der Waals surface area contributed by atoms with E-state index in [2.05, 4.69) is 15.2 Å². The molecule has 1 N–H and O–H groups in total. The summed E-state index contributed by atoms with van der Waals surface area (Å²) in [7, 11) is 2.03. The average Bonchev–Trinajstić information content (AvgIpc) is 3.30. The van der Waals surface area contributed by atoms with Crippen LogP contribution >= 0.6 is 0 Å². The first-order chi connectivity index (χ1) is 10.2. The lowest BCUT2D eigenvalue weighted by Crippen LogP contribution is -2.47. The zero-order valence-corrected chi connectivity index (χ0v) is 12.9. The molecule has 1 atom stereocenters. The first-order valence-corrected chi connectivity index (χ1v) is 7.70. The van der Waals surface area contributed by atoms with Crippen molar-refractivity contribution in [3.8, 4) is 0 Å². The van der Waals surface area contributed by atoms with Crippen molar-refractivity contribution in [3.63, 3.8) is 0 Å². The van der Waals surface area contributed by atoms with Crippen LogP contribution in [-0.2, 0) is 16.0 Å². The van der Waals surface area contributed by atoms with Crippen LogP contribution in [0.1, 0.15) is 25.5 Å². The smallest absolute Gasteiger partial charge is 0.324 e. The van der Waals surface area contributed by atoms with Crippen molar-refractivity contribution in [2.24, 2.45) is 0 Å². The van der Waals surface area contributed by atoms with E-state index in [-0.39, 0.29) is 12.0 Å². The van der Waals surface area contributed by atoms with Gasteiger partial charge in [-0.1, -0.05) is 6.07 Å². The molecular formula is C16H25N3O2. The fraction of sp³-hybridized carbons (Fsp3) is 0.625. The molecule has 0 aliphatic heterocycles. The van der Waals surface area contributed by atoms with Crippen LogP contribution in [0.15, 0.2) is 24.4 Å². The normalized spacial score (nSPS) is 16.0. The molecule has 1 aromatic rings. The van der Waals surface area contributed by atoms with Crippen LogP contribution in [0.25, 0.3) is 0 Å². The number of likely N-dealkylation sites (N-methyl/N-ethyl adjacent to an activating group) is 1. The van der Waals surface area contributed by atoms with Gasteiger partial charge in [-0.2, -0.15) is 0 Å². The predicted molar refractivity (Wildman–Crippen MR) is 82.0 cm³/mol. The summed E-state index contributed by atoms with van der Waals surface area (Å²) < 4.78 is 5.16. The lowest BCUT2D eigenvalue weighted by atomic mass is 10.2. The van der Waals surface area contributed by atoms with E-state index in [0.29, 0.717) is 19.2 Å². The third kappa shape index (κ3) is 5.81. The van der Waals surface area contributed by atoms with E-state index in [1.54, 1.807) is 0 Å². The Morgan fingerprint density at radius 2 is 2.33 bits per heavy atom. The molecule has 0 saturated heterocycles. The molecule has 0 spiro atoms. The highest BCUT2D eigenvalue weighted by Crippen LogP contribution is 2.19. The van der Waals surface area contributed by atoms with E-state index in [1.807, 2.05) is 38.4 Å². The van der Waals surface area contributed by atoms with Crippen LogP contribution in [0, 0.1) is 0 Å². The molecule has 0 radical (unpaired) electrons. The molecule has 5 heteroatoms. The quantitative estimate of drug-likeness (QED) is 0.694. The molecule has 5 nitrogen and oxygen atoms in total. The standard InChI is InChI=1S/C16H25N3O2/c1-3-21-16(20)15(18-14-7-8-14)12-19(2)11-9-13-6-4-5-10-17-13/h4-6,10,14-15,18H,3,7-9,11-12H2,1-2H3. The van der Waals surface area contributed by atoms with Crippen molar-refractivity contribution in [2.45, 2.75) is 38.3 Å². The molecule has 1 aliphatic carbocycles. The van der Waals surface area contributed by atoms with Gasteiger partial charge in [0, 0.05) is 37.4 Å². The predicted octanol–water partition coefficient (Wildman–Crippen LogP) is 1.24. The minimum atomic E-state index is -0.230. The monoisotopic (exact) mass is 291 g/mol. The van der Waals surface area contributed by atoms with Gasteiger partial charge in [0.25, 0.3) is 0 Å². The number of pyridine rings is 1. The van der Waals surface area contributed by atoms with Gasteiger partial charge in [0.2, 0.25) is 0 Å². The van der Waals surface area contributed by atoms with Gasteiger partial charge < -0.3 is 15.0 Å². The molecule has 0 amide bonds. The molecule has 1 heterocycles. The zero-order valence-electron chi connectivity index (χ0n) is 12.9. The Balaban J connectivity index is 1.79. The summed E-state index contributed by atoms with van der Waals surface area (Å²) in [6.45, 7) is 3.82. The molecule has 2 rings (SSSR count). The lowest BCUT2D eigenvalue weighted by Gasteiger charge is -2.23. The second kappa shape index (κ2) is 8.10. The first-order valence-electron chi connectivity index (χ1n) is 7.70. The number of ether oxygens (including phenoxy) is 1. The molecule has 1 unspecified atom stereocenters. The van der Waals surface area contributed by atoms with Crippen LogP contribution in [0.2, 0.25) is 0 Å². The third-order valence-electron chi connectivity index (χ3n) is 3.56. The van der Waals surface area contributed by atoms with Crippen LogP contribution in [0.5, 0.6) is 0 Å². The minimum absolute atomic E-state index is 0.144. The second-order valence-electron chi connectivity index (χ2n) is 5.58. The Hall–Kier alpha value is -1.46. The van der Waals surface area contributed by atoms with Gasteiger partial charge in [0.1, 0.15) is 6.04 Å². The van der Waals surface area contributed by atoms with Gasteiger partial charge in [-0.25, -0.2) is 0 Å². The number of nitrogens with one attached hydrogen (secondary N) is 1. The number of aromatic nitrogens is 1. The fourth-order valence-corrected chi connectivity index (χ4v) is 2.23. The van der Waals surface area contributed by atoms with E-state index in [9.17, 15) is 4.79 Å². The average molecular weight is 291 g/mol. The van der Waals surface area contributed by atoms with Crippen molar-refractivity contribution in [3.05, 3.63) is 30.1 Å². The van der Waals surface area contributed by atoms with Crippen LogP contribution in [-0.4, -0.2) is 54.7 Å². The van der Waals surface area contributed by atoms with Gasteiger partial charge in [-0.15, -0.1) is 0 Å². The number of esters is 1. The number of rotatable bonds is 9. The number of hydrogen-bond acceptors (Lipinski definition) is 5. The minimum Gasteiger partial charge on any atom is -0.465 e. The van der Waals surface area contributed by atoms with Gasteiger partial charge >= 0.3 is 5.97 Å². The van der Waals surface area contributed by atoms with E-state index >= 15 is 0 Å². The number of carbonyl (C=O) groups excluding carboxylic acids is 1. The molecule has 1 aliphatic rings. The number of hydrogen-bond donors (Lipinski definition) is 1. The van der Waals surface area contributed by atoms with E-state index in [1.165, 1.54) is 0 Å². The molecule has 1 fully saturated rings. The largest absolute Gasteiger partial charge is 0.465 e. The van der Waals surface area contributed by atoms with Crippen LogP contribution in [0.4, 0.5) is 0 Å². The van der Waals surface area contributed by atoms with E-state index < -0.39 is 0 Å². The first kappa shape index (κ1) is 15.9. The SMILES string of the molecule is CCOC(=O)C(CN(C)CCc1ccccn1)NC1CC1. The van der Waals surface area contributed by atoms with Crippen molar-refractivity contribution >= 4 is 5.97 Å². The van der Waals surface area contributed by atoms with Crippen molar-refractivity contribution in [2.75, 3.05) is 26.7 Å². The van der Waals surface area contributed by atoms with Crippen molar-refractivity contribution in [1.29, 1.82) is 0 Å². The van der Waals surface area contributed by atoms with Gasteiger partial charge in [-0.3, -0.25) is 9.78 Å². The van der Waals surface area contributed by atoms with Gasteiger partial charge in [0.05, 0.1) is 6.61 Å². The Morgan fingerprint density at radius 3 is 2.95 bits per heavy atom. The van der Waals surface area contributed by atoms with Gasteiger partial charge in [0.15, 0.2) is 0 Å².